The molecular weight excluding hydrogens is 1020 g/mol. The predicted molar refractivity (Wildman–Crippen MR) is 347 cm³/mol. The number of carbonyl (C=O) groups excluding carboxylic acids is 2. The smallest absolute Gasteiger partial charge is 0.306 e. The fraction of sp³-hybridized carbons (Fsp3) is 0.703. The van der Waals surface area contributed by atoms with Crippen molar-refractivity contribution in [3.05, 3.63) is 120 Å². The van der Waals surface area contributed by atoms with E-state index in [4.69, 9.17) is 9.47 Å². The number of hydrogen-bond donors (Lipinski definition) is 4. The minimum absolute atomic E-state index is 0.161. The van der Waals surface area contributed by atoms with Crippen LogP contribution in [-0.2, 0) is 19.1 Å². The Bertz CT molecular complexity index is 2090. The molecule has 0 aromatic heterocycles. The van der Waals surface area contributed by atoms with Crippen LogP contribution in [-0.4, -0.2) is 67.0 Å². The van der Waals surface area contributed by atoms with Gasteiger partial charge in [-0.15, -0.1) is 0 Å². The summed E-state index contributed by atoms with van der Waals surface area (Å²) >= 11 is 0. The van der Waals surface area contributed by atoms with Crippen molar-refractivity contribution in [2.24, 2.45) is 10.8 Å². The van der Waals surface area contributed by atoms with Gasteiger partial charge in [-0.3, -0.25) is 9.59 Å². The molecule has 2 saturated carbocycles. The van der Waals surface area contributed by atoms with Crippen molar-refractivity contribution in [2.45, 2.75) is 323 Å². The molecular formula is C74H122O8. The van der Waals surface area contributed by atoms with Crippen molar-refractivity contribution in [2.75, 3.05) is 0 Å². The van der Waals surface area contributed by atoms with E-state index < -0.39 is 45.4 Å². The fourth-order valence-electron chi connectivity index (χ4n) is 12.2. The number of allylic oxidation sites excluding steroid dienone is 18. The third-order valence-corrected chi connectivity index (χ3v) is 17.6. The number of hydrogen-bond acceptors (Lipinski definition) is 8. The molecule has 0 aromatic carbocycles. The summed E-state index contributed by atoms with van der Waals surface area (Å²) in [7, 11) is 0. The van der Waals surface area contributed by atoms with Gasteiger partial charge in [0.25, 0.3) is 0 Å². The molecule has 0 aliphatic heterocycles. The molecule has 0 amide bonds. The zero-order valence-electron chi connectivity index (χ0n) is 54.4. The summed E-state index contributed by atoms with van der Waals surface area (Å²) in [6, 6.07) is 0. The maximum Gasteiger partial charge on any atom is 0.306 e. The molecule has 0 saturated heterocycles. The van der Waals surface area contributed by atoms with E-state index in [1.807, 2.05) is 128 Å². The van der Waals surface area contributed by atoms with Gasteiger partial charge in [-0.1, -0.05) is 277 Å². The Morgan fingerprint density at radius 2 is 0.671 bits per heavy atom. The Hall–Kier alpha value is -3.82. The Balaban J connectivity index is 1.79. The van der Waals surface area contributed by atoms with E-state index in [-0.39, 0.29) is 24.8 Å². The lowest BCUT2D eigenvalue weighted by Gasteiger charge is -2.55. The molecule has 466 valence electrons. The molecule has 2 fully saturated rings. The second-order valence-corrected chi connectivity index (χ2v) is 26.6. The maximum absolute atomic E-state index is 12.9. The third kappa shape index (κ3) is 28.4. The molecule has 0 aromatic rings. The van der Waals surface area contributed by atoms with Crippen molar-refractivity contribution in [1.29, 1.82) is 0 Å². The monoisotopic (exact) mass is 1140 g/mol. The van der Waals surface area contributed by atoms with Crippen LogP contribution in [0.5, 0.6) is 0 Å². The van der Waals surface area contributed by atoms with E-state index in [0.29, 0.717) is 25.7 Å². The summed E-state index contributed by atoms with van der Waals surface area (Å²) in [5.41, 5.74) is -3.62. The predicted octanol–water partition coefficient (Wildman–Crippen LogP) is 19.5. The van der Waals surface area contributed by atoms with Crippen LogP contribution in [0.2, 0.25) is 0 Å². The molecule has 0 unspecified atom stereocenters. The molecule has 2 aliphatic carbocycles. The molecule has 6 atom stereocenters. The van der Waals surface area contributed by atoms with E-state index >= 15 is 0 Å². The first kappa shape index (κ1) is 74.3. The van der Waals surface area contributed by atoms with Crippen LogP contribution in [0.3, 0.4) is 0 Å². The van der Waals surface area contributed by atoms with Crippen molar-refractivity contribution in [3.8, 4) is 0 Å². The third-order valence-electron chi connectivity index (χ3n) is 17.6. The van der Waals surface area contributed by atoms with Crippen LogP contribution in [0.25, 0.3) is 0 Å². The fourth-order valence-corrected chi connectivity index (χ4v) is 12.2. The largest absolute Gasteiger partial charge is 0.462 e. The molecule has 0 spiro atoms. The Kier molecular flexibility index (Phi) is 36.0. The molecule has 0 heterocycles. The number of esters is 2. The van der Waals surface area contributed by atoms with Crippen molar-refractivity contribution < 1.29 is 39.5 Å². The lowest BCUT2D eigenvalue weighted by molar-refractivity contribution is -0.223. The molecule has 2 rings (SSSR count). The average Bonchev–Trinajstić information content (AvgIpc) is 2.41. The summed E-state index contributed by atoms with van der Waals surface area (Å²) in [4.78, 5) is 25.7. The van der Waals surface area contributed by atoms with Gasteiger partial charge < -0.3 is 29.9 Å². The first-order chi connectivity index (χ1) is 38.8. The van der Waals surface area contributed by atoms with Gasteiger partial charge in [-0.25, -0.2) is 0 Å². The molecule has 0 bridgehead atoms. The zero-order chi connectivity index (χ0) is 61.0. The van der Waals surface area contributed by atoms with E-state index in [9.17, 15) is 30.0 Å². The standard InChI is InChI=1S/C74H122O8/c1-13-15-17-19-21-23-25-27-28-30-32-34-36-38-40-52-68(76)82-66-58-70(9,10)74(80,72(12,78)60-66)56-54-64(6)50-44-48-62(4)46-42-41-45-61(3)47-43-49-63(5)53-55-73(79)69(7,8)57-65(59-71(73,11)77)81-67(75)51-39-37-35-33-31-29-26-24-22-20-18-16-14-2/h24,26,41-50,53-56,65-66,77-80H,13-23,25,27-40,51-52,57-60H2,1-12H3/b26-24-,42-41+,47-43+,48-44+,55-53+,56-54+,61-45+,62-46+,63-49+,64-50+/t65-,66-,71+,72+,73+,74+/m0/s1. The highest BCUT2D eigenvalue weighted by atomic mass is 16.5. The van der Waals surface area contributed by atoms with Gasteiger partial charge in [0.15, 0.2) is 0 Å². The van der Waals surface area contributed by atoms with Crippen LogP contribution in [0.15, 0.2) is 120 Å². The number of aliphatic hydroxyl groups is 4. The van der Waals surface area contributed by atoms with E-state index in [2.05, 4.69) is 26.0 Å². The van der Waals surface area contributed by atoms with Gasteiger partial charge >= 0.3 is 11.9 Å². The Morgan fingerprint density at radius 3 is 1.00 bits per heavy atom. The quantitative estimate of drug-likeness (QED) is 0.0206. The number of unbranched alkanes of at least 4 members (excludes halogenated alkanes) is 23. The minimum atomic E-state index is -1.53. The minimum Gasteiger partial charge on any atom is -0.462 e. The van der Waals surface area contributed by atoms with E-state index in [1.165, 1.54) is 122 Å². The number of carbonyl (C=O) groups is 2. The Morgan fingerprint density at radius 1 is 0.390 bits per heavy atom. The van der Waals surface area contributed by atoms with Gasteiger partial charge in [0, 0.05) is 36.5 Å². The van der Waals surface area contributed by atoms with Gasteiger partial charge in [-0.2, -0.15) is 0 Å². The van der Waals surface area contributed by atoms with Crippen LogP contribution in [0.1, 0.15) is 289 Å². The van der Waals surface area contributed by atoms with Crippen LogP contribution in [0.4, 0.5) is 0 Å². The number of rotatable bonds is 41. The summed E-state index contributed by atoms with van der Waals surface area (Å²) < 4.78 is 11.8. The molecule has 2 aliphatic rings. The van der Waals surface area contributed by atoms with Crippen molar-refractivity contribution >= 4 is 11.9 Å². The SMILES string of the molecule is CCCCCC/C=C\CCCCCCCC(=O)O[C@H]1CC(C)(C)[C@](O)(/C=C/C(C)=C/C=C/C(C)=C/C=C/C=C(C)/C=C/C=C(C)/C=C/[C@@]2(O)C(C)(C)C[C@H](OC(=O)CCCCCCCCCCCCCCCCC)C[C@@]2(C)O)[C@](C)(O)C1. The van der Waals surface area contributed by atoms with Crippen LogP contribution < -0.4 is 0 Å². The molecule has 4 N–H and O–H groups in total. The summed E-state index contributed by atoms with van der Waals surface area (Å²) in [6.07, 6.45) is 64.8. The highest BCUT2D eigenvalue weighted by Gasteiger charge is 2.60. The highest BCUT2D eigenvalue weighted by molar-refractivity contribution is 5.70. The Labute approximate surface area is 502 Å². The highest BCUT2D eigenvalue weighted by Crippen LogP contribution is 2.52. The molecule has 0 radical (unpaired) electrons. The van der Waals surface area contributed by atoms with E-state index in [1.54, 1.807) is 26.0 Å². The van der Waals surface area contributed by atoms with Gasteiger partial charge in [0.05, 0.1) is 11.2 Å². The summed E-state index contributed by atoms with van der Waals surface area (Å²) in [5.74, 6) is -0.444. The lowest BCUT2D eigenvalue weighted by atomic mass is 9.57. The van der Waals surface area contributed by atoms with Gasteiger partial charge in [0.1, 0.15) is 23.4 Å². The topological polar surface area (TPSA) is 134 Å². The molecule has 8 nitrogen and oxygen atoms in total. The van der Waals surface area contributed by atoms with Crippen LogP contribution >= 0.6 is 0 Å². The van der Waals surface area contributed by atoms with E-state index in [0.717, 1.165) is 67.2 Å². The van der Waals surface area contributed by atoms with Crippen LogP contribution in [0, 0.1) is 10.8 Å². The lowest BCUT2D eigenvalue weighted by Crippen LogP contribution is -2.65. The average molecular weight is 1140 g/mol. The maximum atomic E-state index is 12.9. The second-order valence-electron chi connectivity index (χ2n) is 26.6. The summed E-state index contributed by atoms with van der Waals surface area (Å²) in [5, 5.41) is 47.4. The van der Waals surface area contributed by atoms with Crippen molar-refractivity contribution in [3.63, 3.8) is 0 Å². The summed E-state index contributed by atoms with van der Waals surface area (Å²) in [6.45, 7) is 23.5. The number of ether oxygens (including phenoxy) is 2. The second kappa shape index (κ2) is 39.7. The molecule has 8 heteroatoms. The molecule has 82 heavy (non-hydrogen) atoms. The van der Waals surface area contributed by atoms with Crippen molar-refractivity contribution in [1.82, 2.24) is 0 Å². The zero-order valence-corrected chi connectivity index (χ0v) is 54.4. The first-order valence-corrected chi connectivity index (χ1v) is 32.9. The van der Waals surface area contributed by atoms with Gasteiger partial charge in [0.2, 0.25) is 0 Å². The van der Waals surface area contributed by atoms with Gasteiger partial charge in [-0.05, 0) is 105 Å². The normalized spacial score (nSPS) is 25.8. The first-order valence-electron chi connectivity index (χ1n) is 32.9.